The number of rotatable bonds is 8. The molecule has 204 valence electrons. The Hall–Kier alpha value is -3.98. The molecule has 2 aromatic heterocycles. The van der Waals surface area contributed by atoms with Crippen LogP contribution in [0.15, 0.2) is 54.7 Å². The van der Waals surface area contributed by atoms with Crippen molar-refractivity contribution < 1.29 is 13.9 Å². The number of nitrogens with zero attached hydrogens (tertiary/aromatic N) is 4. The number of amides is 1. The smallest absolute Gasteiger partial charge is 0.239 e. The van der Waals surface area contributed by atoms with Crippen molar-refractivity contribution >= 4 is 34.4 Å². The van der Waals surface area contributed by atoms with Crippen LogP contribution in [0.4, 0.5) is 21.8 Å². The topological polar surface area (TPSA) is 84.3 Å². The Morgan fingerprint density at radius 2 is 1.87 bits per heavy atom. The molecule has 1 aliphatic rings. The third-order valence-corrected chi connectivity index (χ3v) is 7.20. The SMILES string of the molecule is CC1CCN(CC(=O)Nc2cc(Oc3ccc4c(c3)nc(Nc3ccc(F)c(C(C)C)c3)n4C)ccn2)CC1. The van der Waals surface area contributed by atoms with Crippen LogP contribution in [-0.4, -0.2) is 45.0 Å². The molecule has 0 unspecified atom stereocenters. The van der Waals surface area contributed by atoms with Gasteiger partial charge in [0.25, 0.3) is 0 Å². The lowest BCUT2D eigenvalue weighted by atomic mass is 9.99. The summed E-state index contributed by atoms with van der Waals surface area (Å²) in [5.41, 5.74) is 3.10. The second kappa shape index (κ2) is 11.4. The highest BCUT2D eigenvalue weighted by Crippen LogP contribution is 2.30. The van der Waals surface area contributed by atoms with Gasteiger partial charge in [0.1, 0.15) is 23.1 Å². The maximum atomic E-state index is 14.1. The van der Waals surface area contributed by atoms with E-state index in [0.717, 1.165) is 48.6 Å². The lowest BCUT2D eigenvalue weighted by molar-refractivity contribution is -0.117. The highest BCUT2D eigenvalue weighted by atomic mass is 19.1. The highest BCUT2D eigenvalue weighted by molar-refractivity contribution is 5.91. The number of nitrogens with one attached hydrogen (secondary N) is 2. The summed E-state index contributed by atoms with van der Waals surface area (Å²) in [5, 5.41) is 6.19. The average molecular weight is 531 g/mol. The first-order valence-electron chi connectivity index (χ1n) is 13.4. The zero-order chi connectivity index (χ0) is 27.5. The molecule has 0 bridgehead atoms. The molecule has 8 nitrogen and oxygen atoms in total. The van der Waals surface area contributed by atoms with Crippen LogP contribution in [0.5, 0.6) is 11.5 Å². The number of anilines is 3. The van der Waals surface area contributed by atoms with E-state index in [1.54, 1.807) is 24.4 Å². The third kappa shape index (κ3) is 6.37. The van der Waals surface area contributed by atoms with E-state index in [0.29, 0.717) is 35.4 Å². The van der Waals surface area contributed by atoms with Gasteiger partial charge in [-0.2, -0.15) is 0 Å². The maximum Gasteiger partial charge on any atom is 0.239 e. The van der Waals surface area contributed by atoms with Crippen molar-refractivity contribution in [1.82, 2.24) is 19.4 Å². The molecule has 9 heteroatoms. The molecule has 0 aliphatic carbocycles. The molecule has 2 aromatic carbocycles. The minimum Gasteiger partial charge on any atom is -0.457 e. The number of carbonyl (C=O) groups is 1. The standard InChI is InChI=1S/C30H35FN6O2/c1-19(2)24-15-21(5-7-25(24)31)33-30-34-26-16-22(6-8-27(26)36(30)4)39-23-9-12-32-28(17-23)35-29(38)18-37-13-10-20(3)11-14-37/h5-9,12,15-17,19-20H,10-11,13-14,18H2,1-4H3,(H,33,34)(H,32,35,38). The number of aryl methyl sites for hydroxylation is 1. The van der Waals surface area contributed by atoms with E-state index in [1.165, 1.54) is 6.07 Å². The minimum atomic E-state index is -0.210. The number of benzene rings is 2. The molecule has 1 fully saturated rings. The van der Waals surface area contributed by atoms with Crippen molar-refractivity contribution in [2.24, 2.45) is 13.0 Å². The highest BCUT2D eigenvalue weighted by Gasteiger charge is 2.18. The van der Waals surface area contributed by atoms with Crippen LogP contribution in [0.2, 0.25) is 0 Å². The van der Waals surface area contributed by atoms with Gasteiger partial charge in [-0.05, 0) is 79.7 Å². The van der Waals surface area contributed by atoms with Gasteiger partial charge in [-0.3, -0.25) is 9.69 Å². The lowest BCUT2D eigenvalue weighted by Crippen LogP contribution is -2.38. The maximum absolute atomic E-state index is 14.1. The second-order valence-electron chi connectivity index (χ2n) is 10.6. The summed E-state index contributed by atoms with van der Waals surface area (Å²) >= 11 is 0. The van der Waals surface area contributed by atoms with Crippen LogP contribution in [0, 0.1) is 11.7 Å². The van der Waals surface area contributed by atoms with Gasteiger partial charge in [-0.1, -0.05) is 20.8 Å². The van der Waals surface area contributed by atoms with Gasteiger partial charge in [0.2, 0.25) is 11.9 Å². The summed E-state index contributed by atoms with van der Waals surface area (Å²) < 4.78 is 22.2. The Kier molecular flexibility index (Phi) is 7.79. The Morgan fingerprint density at radius 1 is 1.10 bits per heavy atom. The molecule has 0 radical (unpaired) electrons. The fourth-order valence-electron chi connectivity index (χ4n) is 4.83. The Bertz CT molecular complexity index is 1480. The van der Waals surface area contributed by atoms with E-state index in [-0.39, 0.29) is 17.6 Å². The lowest BCUT2D eigenvalue weighted by Gasteiger charge is -2.29. The van der Waals surface area contributed by atoms with E-state index in [9.17, 15) is 9.18 Å². The molecular formula is C30H35FN6O2. The summed E-state index contributed by atoms with van der Waals surface area (Å²) in [6.07, 6.45) is 3.86. The summed E-state index contributed by atoms with van der Waals surface area (Å²) in [5.74, 6) is 2.78. The Morgan fingerprint density at radius 3 is 2.64 bits per heavy atom. The number of imidazole rings is 1. The van der Waals surface area contributed by atoms with Crippen LogP contribution < -0.4 is 15.4 Å². The predicted octanol–water partition coefficient (Wildman–Crippen LogP) is 6.44. The molecule has 0 atom stereocenters. The molecule has 1 amide bonds. The fraction of sp³-hybridized carbons (Fsp3) is 0.367. The molecule has 2 N–H and O–H groups in total. The molecule has 3 heterocycles. The first kappa shape index (κ1) is 26.6. The molecule has 5 rings (SSSR count). The van der Waals surface area contributed by atoms with Crippen LogP contribution in [0.1, 0.15) is 45.1 Å². The first-order chi connectivity index (χ1) is 18.7. The van der Waals surface area contributed by atoms with Crippen LogP contribution >= 0.6 is 0 Å². The number of hydrogen-bond donors (Lipinski definition) is 2. The summed E-state index contributed by atoms with van der Waals surface area (Å²) in [4.78, 5) is 23.7. The minimum absolute atomic E-state index is 0.0764. The molecule has 0 saturated carbocycles. The second-order valence-corrected chi connectivity index (χ2v) is 10.6. The van der Waals surface area contributed by atoms with Gasteiger partial charge in [0.15, 0.2) is 0 Å². The van der Waals surface area contributed by atoms with Crippen molar-refractivity contribution in [2.75, 3.05) is 30.3 Å². The number of halogens is 1. The van der Waals surface area contributed by atoms with E-state index in [2.05, 4.69) is 27.4 Å². The zero-order valence-electron chi connectivity index (χ0n) is 22.9. The number of carbonyl (C=O) groups excluding carboxylic acids is 1. The quantitative estimate of drug-likeness (QED) is 0.273. The predicted molar refractivity (Wildman–Crippen MR) is 152 cm³/mol. The van der Waals surface area contributed by atoms with Gasteiger partial charge in [0.05, 0.1) is 17.6 Å². The average Bonchev–Trinajstić information content (AvgIpc) is 3.20. The van der Waals surface area contributed by atoms with Crippen molar-refractivity contribution in [2.45, 2.75) is 39.5 Å². The number of ether oxygens (including phenoxy) is 1. The van der Waals surface area contributed by atoms with Crippen LogP contribution in [0.25, 0.3) is 11.0 Å². The van der Waals surface area contributed by atoms with Crippen molar-refractivity contribution in [3.63, 3.8) is 0 Å². The van der Waals surface area contributed by atoms with Crippen molar-refractivity contribution in [3.8, 4) is 11.5 Å². The summed E-state index contributed by atoms with van der Waals surface area (Å²) in [6, 6.07) is 14.1. The molecule has 1 saturated heterocycles. The zero-order valence-corrected chi connectivity index (χ0v) is 22.9. The molecule has 4 aromatic rings. The van der Waals surface area contributed by atoms with Crippen LogP contribution in [0.3, 0.4) is 0 Å². The molecule has 1 aliphatic heterocycles. The van der Waals surface area contributed by atoms with Crippen LogP contribution in [-0.2, 0) is 11.8 Å². The Labute approximate surface area is 228 Å². The van der Waals surface area contributed by atoms with Crippen molar-refractivity contribution in [1.29, 1.82) is 0 Å². The van der Waals surface area contributed by atoms with Gasteiger partial charge < -0.3 is 19.9 Å². The Balaban J connectivity index is 1.26. The monoisotopic (exact) mass is 530 g/mol. The van der Waals surface area contributed by atoms with E-state index in [1.807, 2.05) is 49.7 Å². The largest absolute Gasteiger partial charge is 0.457 e. The normalized spacial score (nSPS) is 14.6. The molecule has 0 spiro atoms. The molecular weight excluding hydrogens is 495 g/mol. The number of hydrogen-bond acceptors (Lipinski definition) is 6. The van der Waals surface area contributed by atoms with Crippen molar-refractivity contribution in [3.05, 3.63) is 66.1 Å². The van der Waals surface area contributed by atoms with Gasteiger partial charge in [-0.25, -0.2) is 14.4 Å². The van der Waals surface area contributed by atoms with E-state index in [4.69, 9.17) is 9.72 Å². The van der Waals surface area contributed by atoms with E-state index >= 15 is 0 Å². The number of aromatic nitrogens is 3. The number of pyridine rings is 1. The third-order valence-electron chi connectivity index (χ3n) is 7.20. The van der Waals surface area contributed by atoms with Gasteiger partial charge >= 0.3 is 0 Å². The number of piperidine rings is 1. The summed E-state index contributed by atoms with van der Waals surface area (Å²) in [6.45, 7) is 8.44. The first-order valence-corrected chi connectivity index (χ1v) is 13.4. The molecule has 39 heavy (non-hydrogen) atoms. The summed E-state index contributed by atoms with van der Waals surface area (Å²) in [7, 11) is 1.92. The fourth-order valence-corrected chi connectivity index (χ4v) is 4.83. The van der Waals surface area contributed by atoms with Gasteiger partial charge in [-0.15, -0.1) is 0 Å². The van der Waals surface area contributed by atoms with E-state index < -0.39 is 0 Å². The van der Waals surface area contributed by atoms with Gasteiger partial charge in [0, 0.05) is 31.1 Å². The number of fused-ring (bicyclic) bond motifs is 1. The number of likely N-dealkylation sites (tertiary alicyclic amines) is 1.